The van der Waals surface area contributed by atoms with Crippen LogP contribution < -0.4 is 21.7 Å². The molecule has 0 radical (unpaired) electrons. The Labute approximate surface area is 138 Å². The van der Waals surface area contributed by atoms with Crippen molar-refractivity contribution >= 4 is 36.3 Å². The lowest BCUT2D eigenvalue weighted by atomic mass is 10.1. The van der Waals surface area contributed by atoms with Gasteiger partial charge in [0, 0.05) is 5.75 Å². The molecule has 3 amide bonds. The van der Waals surface area contributed by atoms with Crippen molar-refractivity contribution in [3.8, 4) is 0 Å². The first kappa shape index (κ1) is 21.1. The molecule has 0 bridgehead atoms. The molecule has 0 aliphatic rings. The van der Waals surface area contributed by atoms with Gasteiger partial charge in [-0.15, -0.1) is 0 Å². The average molecular weight is 350 g/mol. The number of nitrogens with one attached hydrogen (secondary N) is 3. The van der Waals surface area contributed by atoms with Crippen LogP contribution in [-0.4, -0.2) is 70.4 Å². The summed E-state index contributed by atoms with van der Waals surface area (Å²) in [7, 11) is 0. The molecule has 7 N–H and O–H groups in total. The van der Waals surface area contributed by atoms with Gasteiger partial charge in [0.15, 0.2) is 0 Å². The van der Waals surface area contributed by atoms with Crippen LogP contribution in [0.15, 0.2) is 0 Å². The van der Waals surface area contributed by atoms with Crippen molar-refractivity contribution in [1.82, 2.24) is 16.0 Å². The van der Waals surface area contributed by atoms with Crippen molar-refractivity contribution in [2.75, 3.05) is 12.3 Å². The minimum atomic E-state index is -1.21. The predicted molar refractivity (Wildman–Crippen MR) is 83.7 cm³/mol. The van der Waals surface area contributed by atoms with E-state index in [1.54, 1.807) is 0 Å². The molecule has 0 heterocycles. The highest BCUT2D eigenvalue weighted by molar-refractivity contribution is 7.80. The van der Waals surface area contributed by atoms with Gasteiger partial charge in [-0.3, -0.25) is 19.2 Å². The molecule has 11 heteroatoms. The van der Waals surface area contributed by atoms with E-state index < -0.39 is 54.5 Å². The van der Waals surface area contributed by atoms with Gasteiger partial charge in [0.2, 0.25) is 17.7 Å². The molecule has 0 aromatic carbocycles. The van der Waals surface area contributed by atoms with Crippen LogP contribution in [0.2, 0.25) is 0 Å². The monoisotopic (exact) mass is 350 g/mol. The first-order valence-corrected chi connectivity index (χ1v) is 7.38. The number of carbonyl (C=O) groups is 4. The van der Waals surface area contributed by atoms with Gasteiger partial charge in [-0.25, -0.2) is 0 Å². The molecule has 132 valence electrons. The Morgan fingerprint density at radius 1 is 1.13 bits per heavy atom. The molecule has 0 saturated heterocycles. The van der Waals surface area contributed by atoms with Gasteiger partial charge in [-0.1, -0.05) is 0 Å². The summed E-state index contributed by atoms with van der Waals surface area (Å²) in [5.74, 6) is -3.39. The van der Waals surface area contributed by atoms with Crippen LogP contribution in [0.25, 0.3) is 0 Å². The Hall–Kier alpha value is -1.85. The standard InChI is InChI=1S/C12H22N4O6S/c1-5(12(21)22)15-8(18)3-14-10(19)7(4-23)16-11(20)9(13)6(2)17/h5-7,9,17,23H,3-4,13H2,1-2H3,(H,14,19)(H,15,18)(H,16,20)(H,21,22). The molecule has 0 aliphatic heterocycles. The fourth-order valence-electron chi connectivity index (χ4n) is 1.33. The molecule has 4 atom stereocenters. The first-order valence-electron chi connectivity index (χ1n) is 6.74. The molecule has 0 saturated carbocycles. The maximum atomic E-state index is 11.9. The minimum Gasteiger partial charge on any atom is -0.480 e. The van der Waals surface area contributed by atoms with Crippen molar-refractivity contribution < 1.29 is 29.4 Å². The molecular weight excluding hydrogens is 328 g/mol. The number of aliphatic hydroxyl groups excluding tert-OH is 1. The number of rotatable bonds is 9. The number of hydrogen-bond donors (Lipinski definition) is 7. The van der Waals surface area contributed by atoms with E-state index in [2.05, 4.69) is 28.6 Å². The third-order valence-corrected chi connectivity index (χ3v) is 3.17. The maximum absolute atomic E-state index is 11.9. The van der Waals surface area contributed by atoms with Gasteiger partial charge < -0.3 is 31.9 Å². The van der Waals surface area contributed by atoms with Crippen molar-refractivity contribution in [3.05, 3.63) is 0 Å². The van der Waals surface area contributed by atoms with E-state index in [9.17, 15) is 24.3 Å². The largest absolute Gasteiger partial charge is 0.480 e. The third-order valence-electron chi connectivity index (χ3n) is 2.81. The lowest BCUT2D eigenvalue weighted by Gasteiger charge is -2.20. The Morgan fingerprint density at radius 2 is 1.70 bits per heavy atom. The van der Waals surface area contributed by atoms with E-state index in [4.69, 9.17) is 10.8 Å². The second-order valence-electron chi connectivity index (χ2n) is 4.86. The third kappa shape index (κ3) is 7.81. The van der Waals surface area contributed by atoms with E-state index in [-0.39, 0.29) is 5.75 Å². The van der Waals surface area contributed by atoms with Crippen LogP contribution in [0.3, 0.4) is 0 Å². The van der Waals surface area contributed by atoms with Crippen LogP contribution in [0.5, 0.6) is 0 Å². The Bertz CT molecular complexity index is 459. The van der Waals surface area contributed by atoms with E-state index in [1.165, 1.54) is 13.8 Å². The number of amides is 3. The lowest BCUT2D eigenvalue weighted by Crippen LogP contribution is -2.56. The molecule has 0 spiro atoms. The van der Waals surface area contributed by atoms with Crippen molar-refractivity contribution in [2.24, 2.45) is 5.73 Å². The molecular formula is C12H22N4O6S. The van der Waals surface area contributed by atoms with E-state index >= 15 is 0 Å². The number of aliphatic hydroxyl groups is 1. The zero-order valence-electron chi connectivity index (χ0n) is 12.8. The number of carboxylic acids is 1. The summed E-state index contributed by atoms with van der Waals surface area (Å²) < 4.78 is 0. The summed E-state index contributed by atoms with van der Waals surface area (Å²) in [6.45, 7) is 2.14. The summed E-state index contributed by atoms with van der Waals surface area (Å²) in [6, 6.07) is -3.35. The summed E-state index contributed by atoms with van der Waals surface area (Å²) in [6.07, 6.45) is -1.10. The molecule has 0 rings (SSSR count). The number of carbonyl (C=O) groups excluding carboxylic acids is 3. The van der Waals surface area contributed by atoms with Crippen molar-refractivity contribution in [2.45, 2.75) is 38.1 Å². The van der Waals surface area contributed by atoms with Crippen molar-refractivity contribution in [3.63, 3.8) is 0 Å². The quantitative estimate of drug-likeness (QED) is 0.215. The maximum Gasteiger partial charge on any atom is 0.325 e. The summed E-state index contributed by atoms with van der Waals surface area (Å²) >= 11 is 3.92. The Balaban J connectivity index is 4.43. The van der Waals surface area contributed by atoms with E-state index in [1.807, 2.05) is 0 Å². The Morgan fingerprint density at radius 3 is 2.13 bits per heavy atom. The number of thiol groups is 1. The number of carboxylic acid groups (broad SMARTS) is 1. The van der Waals surface area contributed by atoms with E-state index in [0.717, 1.165) is 0 Å². The highest BCUT2D eigenvalue weighted by Crippen LogP contribution is 1.94. The van der Waals surface area contributed by atoms with Gasteiger partial charge >= 0.3 is 5.97 Å². The fraction of sp³-hybridized carbons (Fsp3) is 0.667. The summed E-state index contributed by atoms with van der Waals surface area (Å²) in [5, 5.41) is 24.5. The second-order valence-corrected chi connectivity index (χ2v) is 5.22. The average Bonchev–Trinajstić information content (AvgIpc) is 2.48. The van der Waals surface area contributed by atoms with Gasteiger partial charge in [0.1, 0.15) is 18.1 Å². The second kappa shape index (κ2) is 10.0. The number of nitrogens with two attached hydrogens (primary N) is 1. The normalized spacial score (nSPS) is 15.7. The molecule has 0 aromatic rings. The zero-order valence-corrected chi connectivity index (χ0v) is 13.7. The zero-order chi connectivity index (χ0) is 18.2. The van der Waals surface area contributed by atoms with Crippen LogP contribution in [0.4, 0.5) is 0 Å². The lowest BCUT2D eigenvalue weighted by molar-refractivity contribution is -0.141. The summed E-state index contributed by atoms with van der Waals surface area (Å²) in [4.78, 5) is 45.5. The van der Waals surface area contributed by atoms with E-state index in [0.29, 0.717) is 0 Å². The molecule has 10 nitrogen and oxygen atoms in total. The molecule has 0 aromatic heterocycles. The van der Waals surface area contributed by atoms with Crippen LogP contribution in [0.1, 0.15) is 13.8 Å². The minimum absolute atomic E-state index is 0.0583. The smallest absolute Gasteiger partial charge is 0.325 e. The Kier molecular flexibility index (Phi) is 9.22. The highest BCUT2D eigenvalue weighted by atomic mass is 32.1. The SMILES string of the molecule is CC(NC(=O)CNC(=O)C(CS)NC(=O)C(N)C(C)O)C(=O)O. The first-order chi connectivity index (χ1) is 10.6. The summed E-state index contributed by atoms with van der Waals surface area (Å²) in [5.41, 5.74) is 5.43. The number of aliphatic carboxylic acids is 1. The molecule has 0 fully saturated rings. The molecule has 0 aliphatic carbocycles. The van der Waals surface area contributed by atoms with Gasteiger partial charge in [-0.2, -0.15) is 12.6 Å². The van der Waals surface area contributed by atoms with Gasteiger partial charge in [0.25, 0.3) is 0 Å². The fourth-order valence-corrected chi connectivity index (χ4v) is 1.58. The topological polar surface area (TPSA) is 171 Å². The van der Waals surface area contributed by atoms with Crippen molar-refractivity contribution in [1.29, 1.82) is 0 Å². The molecule has 4 unspecified atom stereocenters. The predicted octanol–water partition coefficient (Wildman–Crippen LogP) is -3.19. The van der Waals surface area contributed by atoms with Crippen LogP contribution in [-0.2, 0) is 19.2 Å². The van der Waals surface area contributed by atoms with Crippen LogP contribution in [0, 0.1) is 0 Å². The van der Waals surface area contributed by atoms with Crippen LogP contribution >= 0.6 is 12.6 Å². The van der Waals surface area contributed by atoms with Gasteiger partial charge in [-0.05, 0) is 13.8 Å². The number of hydrogen-bond acceptors (Lipinski definition) is 7. The highest BCUT2D eigenvalue weighted by Gasteiger charge is 2.25. The molecule has 23 heavy (non-hydrogen) atoms. The van der Waals surface area contributed by atoms with Gasteiger partial charge in [0.05, 0.1) is 12.6 Å².